The van der Waals surface area contributed by atoms with Gasteiger partial charge in [-0.2, -0.15) is 0 Å². The monoisotopic (exact) mass is 244 g/mol. The van der Waals surface area contributed by atoms with E-state index in [-0.39, 0.29) is 6.04 Å². The van der Waals surface area contributed by atoms with E-state index in [1.54, 1.807) is 0 Å². The van der Waals surface area contributed by atoms with E-state index in [9.17, 15) is 4.79 Å². The Kier molecular flexibility index (Phi) is 5.45. The number of carbonyl (C=O) groups excluding carboxylic acids is 1. The standard InChI is InChI=1S/C12H24N2O3/c1-9(12(5,6)13-8-16-7)14-10(15)17-11(2,3)4/h8-9H,1-7H3,(H,14,15)/b13-8+/t9-/m0/s1. The number of carbonyl (C=O) groups is 1. The smallest absolute Gasteiger partial charge is 0.407 e. The maximum absolute atomic E-state index is 11.6. The minimum Gasteiger partial charge on any atom is -0.487 e. The molecule has 17 heavy (non-hydrogen) atoms. The zero-order valence-corrected chi connectivity index (χ0v) is 11.8. The Bertz CT molecular complexity index is 280. The van der Waals surface area contributed by atoms with Crippen molar-refractivity contribution in [1.29, 1.82) is 0 Å². The minimum atomic E-state index is -0.496. The van der Waals surface area contributed by atoms with Crippen molar-refractivity contribution >= 4 is 12.5 Å². The van der Waals surface area contributed by atoms with Crippen LogP contribution in [0.1, 0.15) is 41.5 Å². The molecule has 0 rings (SSSR count). The molecule has 1 atom stereocenters. The SMILES string of the molecule is CO/C=N/C(C)(C)[C@H](C)NC(=O)OC(C)(C)C. The number of aliphatic imine (C=N–C) groups is 1. The molecule has 0 spiro atoms. The van der Waals surface area contributed by atoms with Crippen LogP contribution in [0.3, 0.4) is 0 Å². The molecule has 100 valence electrons. The van der Waals surface area contributed by atoms with Gasteiger partial charge in [-0.1, -0.05) is 0 Å². The second-order valence-corrected chi connectivity index (χ2v) is 5.49. The third kappa shape index (κ3) is 6.81. The lowest BCUT2D eigenvalue weighted by molar-refractivity contribution is 0.0490. The van der Waals surface area contributed by atoms with Gasteiger partial charge in [0.25, 0.3) is 0 Å². The fourth-order valence-corrected chi connectivity index (χ4v) is 0.961. The van der Waals surface area contributed by atoms with E-state index in [0.29, 0.717) is 0 Å². The summed E-state index contributed by atoms with van der Waals surface area (Å²) in [7, 11) is 1.53. The van der Waals surface area contributed by atoms with Crippen molar-refractivity contribution in [2.45, 2.75) is 58.7 Å². The second kappa shape index (κ2) is 5.89. The average Bonchev–Trinajstić information content (AvgIpc) is 2.11. The van der Waals surface area contributed by atoms with Gasteiger partial charge in [-0.05, 0) is 41.5 Å². The first-order chi connectivity index (χ1) is 7.58. The largest absolute Gasteiger partial charge is 0.487 e. The highest BCUT2D eigenvalue weighted by atomic mass is 16.6. The summed E-state index contributed by atoms with van der Waals surface area (Å²) < 4.78 is 9.95. The fraction of sp³-hybridized carbons (Fsp3) is 0.833. The van der Waals surface area contributed by atoms with Crippen molar-refractivity contribution < 1.29 is 14.3 Å². The summed E-state index contributed by atoms with van der Waals surface area (Å²) >= 11 is 0. The van der Waals surface area contributed by atoms with Gasteiger partial charge in [0.1, 0.15) is 5.60 Å². The number of rotatable bonds is 4. The van der Waals surface area contributed by atoms with Crippen LogP contribution in [0, 0.1) is 0 Å². The van der Waals surface area contributed by atoms with Crippen LogP contribution in [0.15, 0.2) is 4.99 Å². The van der Waals surface area contributed by atoms with Crippen LogP contribution < -0.4 is 5.32 Å². The molecule has 0 aromatic carbocycles. The molecular weight excluding hydrogens is 220 g/mol. The van der Waals surface area contributed by atoms with E-state index in [0.717, 1.165) is 0 Å². The molecule has 0 heterocycles. The molecule has 1 N–H and O–H groups in total. The second-order valence-electron chi connectivity index (χ2n) is 5.49. The predicted octanol–water partition coefficient (Wildman–Crippen LogP) is 2.35. The molecule has 0 aliphatic heterocycles. The summed E-state index contributed by atoms with van der Waals surface area (Å²) in [5.74, 6) is 0. The maximum atomic E-state index is 11.6. The third-order valence-corrected chi connectivity index (χ3v) is 2.28. The molecular formula is C12H24N2O3. The first-order valence-corrected chi connectivity index (χ1v) is 5.64. The van der Waals surface area contributed by atoms with Crippen molar-refractivity contribution in [3.63, 3.8) is 0 Å². The van der Waals surface area contributed by atoms with Crippen LogP contribution in [0.2, 0.25) is 0 Å². The number of hydrogen-bond acceptors (Lipinski definition) is 4. The van der Waals surface area contributed by atoms with Crippen LogP contribution in [-0.4, -0.2) is 36.8 Å². The normalized spacial score (nSPS) is 14.5. The molecule has 0 aliphatic rings. The average molecular weight is 244 g/mol. The summed E-state index contributed by atoms with van der Waals surface area (Å²) in [6.45, 7) is 11.2. The first kappa shape index (κ1) is 15.7. The summed E-state index contributed by atoms with van der Waals surface area (Å²) in [5.41, 5.74) is -0.948. The van der Waals surface area contributed by atoms with Gasteiger partial charge in [0.05, 0.1) is 18.7 Å². The van der Waals surface area contributed by atoms with Crippen molar-refractivity contribution in [3.8, 4) is 0 Å². The Hall–Kier alpha value is -1.26. The van der Waals surface area contributed by atoms with Gasteiger partial charge in [-0.3, -0.25) is 4.99 Å². The Balaban J connectivity index is 4.38. The highest BCUT2D eigenvalue weighted by molar-refractivity contribution is 5.68. The van der Waals surface area contributed by atoms with Gasteiger partial charge < -0.3 is 14.8 Å². The lowest BCUT2D eigenvalue weighted by Crippen LogP contribution is -2.47. The minimum absolute atomic E-state index is 0.163. The predicted molar refractivity (Wildman–Crippen MR) is 68.4 cm³/mol. The molecule has 0 fully saturated rings. The molecule has 0 saturated heterocycles. The molecule has 0 saturated carbocycles. The number of nitrogens with zero attached hydrogens (tertiary/aromatic N) is 1. The van der Waals surface area contributed by atoms with Crippen LogP contribution in [0.5, 0.6) is 0 Å². The highest BCUT2D eigenvalue weighted by Gasteiger charge is 2.28. The number of ether oxygens (including phenoxy) is 2. The zero-order valence-electron chi connectivity index (χ0n) is 11.8. The molecule has 0 bridgehead atoms. The van der Waals surface area contributed by atoms with E-state index in [2.05, 4.69) is 10.3 Å². The number of hydrogen-bond donors (Lipinski definition) is 1. The molecule has 0 aliphatic carbocycles. The van der Waals surface area contributed by atoms with Gasteiger partial charge in [0, 0.05) is 0 Å². The van der Waals surface area contributed by atoms with E-state index < -0.39 is 17.2 Å². The van der Waals surface area contributed by atoms with Gasteiger partial charge in [0.15, 0.2) is 6.40 Å². The van der Waals surface area contributed by atoms with E-state index in [4.69, 9.17) is 9.47 Å². The summed E-state index contributed by atoms with van der Waals surface area (Å²) in [5, 5.41) is 2.76. The zero-order chi connectivity index (χ0) is 13.7. The lowest BCUT2D eigenvalue weighted by Gasteiger charge is -2.29. The van der Waals surface area contributed by atoms with Crippen LogP contribution >= 0.6 is 0 Å². The Morgan fingerprint density at radius 2 is 1.82 bits per heavy atom. The Morgan fingerprint density at radius 3 is 2.24 bits per heavy atom. The van der Waals surface area contributed by atoms with Gasteiger partial charge in [0.2, 0.25) is 0 Å². The topological polar surface area (TPSA) is 59.9 Å². The Morgan fingerprint density at radius 1 is 1.29 bits per heavy atom. The van der Waals surface area contributed by atoms with Crippen molar-refractivity contribution in [1.82, 2.24) is 5.32 Å². The Labute approximate surface area is 104 Å². The van der Waals surface area contributed by atoms with Crippen molar-refractivity contribution in [3.05, 3.63) is 0 Å². The summed E-state index contributed by atoms with van der Waals surface area (Å²) in [4.78, 5) is 15.8. The van der Waals surface area contributed by atoms with Gasteiger partial charge in [-0.25, -0.2) is 4.79 Å². The molecule has 0 aromatic rings. The first-order valence-electron chi connectivity index (χ1n) is 5.64. The molecule has 1 amide bonds. The van der Waals surface area contributed by atoms with Crippen LogP contribution in [-0.2, 0) is 9.47 Å². The number of amides is 1. The molecule has 5 nitrogen and oxygen atoms in total. The lowest BCUT2D eigenvalue weighted by atomic mass is 9.97. The van der Waals surface area contributed by atoms with E-state index in [1.807, 2.05) is 41.5 Å². The van der Waals surface area contributed by atoms with Gasteiger partial charge in [-0.15, -0.1) is 0 Å². The van der Waals surface area contributed by atoms with E-state index >= 15 is 0 Å². The molecule has 5 heteroatoms. The number of nitrogens with one attached hydrogen (secondary N) is 1. The van der Waals surface area contributed by atoms with E-state index in [1.165, 1.54) is 13.5 Å². The number of methoxy groups -OCH3 is 1. The van der Waals surface area contributed by atoms with Crippen LogP contribution in [0.25, 0.3) is 0 Å². The van der Waals surface area contributed by atoms with Crippen LogP contribution in [0.4, 0.5) is 4.79 Å². The number of alkyl carbamates (subject to hydrolysis) is 1. The van der Waals surface area contributed by atoms with Crippen molar-refractivity contribution in [2.75, 3.05) is 7.11 Å². The fourth-order valence-electron chi connectivity index (χ4n) is 0.961. The highest BCUT2D eigenvalue weighted by Crippen LogP contribution is 2.15. The molecule has 0 aromatic heterocycles. The summed E-state index contributed by atoms with van der Waals surface area (Å²) in [6, 6.07) is -0.163. The molecule has 0 radical (unpaired) electrons. The molecule has 0 unspecified atom stereocenters. The summed E-state index contributed by atoms with van der Waals surface area (Å²) in [6.07, 6.45) is 0.929. The quantitative estimate of drug-likeness (QED) is 0.610. The van der Waals surface area contributed by atoms with Gasteiger partial charge >= 0.3 is 6.09 Å². The maximum Gasteiger partial charge on any atom is 0.407 e. The van der Waals surface area contributed by atoms with Crippen molar-refractivity contribution in [2.24, 2.45) is 4.99 Å². The third-order valence-electron chi connectivity index (χ3n) is 2.28.